The molecule has 1 aromatic carbocycles. The number of benzene rings is 1. The van der Waals surface area contributed by atoms with E-state index in [1.165, 1.54) is 25.3 Å². The number of hydrogen-bond acceptors (Lipinski definition) is 5. The molecule has 1 N–H and O–H groups in total. The molecular formula is C11H15NO4S. The van der Waals surface area contributed by atoms with Crippen molar-refractivity contribution in [2.45, 2.75) is 4.90 Å². The molecule has 17 heavy (non-hydrogen) atoms. The van der Waals surface area contributed by atoms with Gasteiger partial charge in [0.2, 0.25) is 0 Å². The summed E-state index contributed by atoms with van der Waals surface area (Å²) in [7, 11) is -0.314. The van der Waals surface area contributed by atoms with Crippen molar-refractivity contribution < 1.29 is 17.9 Å². The normalized spacial score (nSPS) is 11.2. The van der Waals surface area contributed by atoms with Crippen molar-refractivity contribution in [3.05, 3.63) is 23.8 Å². The number of carbonyl (C=O) groups excluding carboxylic acids is 1. The Morgan fingerprint density at radius 3 is 2.53 bits per heavy atom. The van der Waals surface area contributed by atoms with Gasteiger partial charge in [0.15, 0.2) is 15.6 Å². The topological polar surface area (TPSA) is 72.5 Å². The molecule has 0 atom stereocenters. The molecule has 0 aliphatic heterocycles. The van der Waals surface area contributed by atoms with Gasteiger partial charge in [0.1, 0.15) is 10.6 Å². The first kappa shape index (κ1) is 13.7. The predicted molar refractivity (Wildman–Crippen MR) is 64.4 cm³/mol. The Morgan fingerprint density at radius 2 is 2.06 bits per heavy atom. The third kappa shape index (κ3) is 3.28. The average Bonchev–Trinajstić information content (AvgIpc) is 2.27. The Balaban J connectivity index is 3.22. The van der Waals surface area contributed by atoms with Gasteiger partial charge in [-0.05, 0) is 25.2 Å². The van der Waals surface area contributed by atoms with Crippen LogP contribution in [0.5, 0.6) is 5.75 Å². The quantitative estimate of drug-likeness (QED) is 0.778. The molecule has 1 aromatic rings. The molecular weight excluding hydrogens is 242 g/mol. The number of Topliss-reactive ketones (excluding diaryl/α,β-unsaturated/α-hetero) is 1. The van der Waals surface area contributed by atoms with E-state index in [0.717, 1.165) is 6.26 Å². The maximum absolute atomic E-state index is 11.6. The zero-order valence-corrected chi connectivity index (χ0v) is 10.8. The number of nitrogens with one attached hydrogen (secondary N) is 1. The maximum atomic E-state index is 11.6. The Labute approximate surface area is 101 Å². The van der Waals surface area contributed by atoms with Gasteiger partial charge in [-0.15, -0.1) is 0 Å². The van der Waals surface area contributed by atoms with Gasteiger partial charge >= 0.3 is 0 Å². The highest BCUT2D eigenvalue weighted by Crippen LogP contribution is 2.24. The highest BCUT2D eigenvalue weighted by molar-refractivity contribution is 7.90. The number of ketones is 1. The molecule has 0 unspecified atom stereocenters. The number of rotatable bonds is 5. The van der Waals surface area contributed by atoms with E-state index >= 15 is 0 Å². The molecule has 0 radical (unpaired) electrons. The van der Waals surface area contributed by atoms with Crippen molar-refractivity contribution in [2.24, 2.45) is 0 Å². The first-order valence-corrected chi connectivity index (χ1v) is 6.85. The minimum Gasteiger partial charge on any atom is -0.495 e. The fourth-order valence-corrected chi connectivity index (χ4v) is 2.23. The van der Waals surface area contributed by atoms with Crippen molar-refractivity contribution in [1.29, 1.82) is 0 Å². The van der Waals surface area contributed by atoms with Crippen LogP contribution in [0, 0.1) is 0 Å². The number of hydrogen-bond donors (Lipinski definition) is 1. The van der Waals surface area contributed by atoms with E-state index in [4.69, 9.17) is 4.74 Å². The molecule has 0 bridgehead atoms. The summed E-state index contributed by atoms with van der Waals surface area (Å²) in [6.07, 6.45) is 1.10. The van der Waals surface area contributed by atoms with Gasteiger partial charge in [-0.2, -0.15) is 0 Å². The molecule has 0 saturated heterocycles. The molecule has 0 amide bonds. The van der Waals surface area contributed by atoms with E-state index in [1.807, 2.05) is 0 Å². The minimum absolute atomic E-state index is 0.0843. The lowest BCUT2D eigenvalue weighted by Gasteiger charge is -2.08. The van der Waals surface area contributed by atoms with Crippen LogP contribution in [-0.4, -0.2) is 41.2 Å². The Bertz CT molecular complexity index is 522. The van der Waals surface area contributed by atoms with Crippen LogP contribution in [0.1, 0.15) is 10.4 Å². The molecule has 0 aromatic heterocycles. The third-order valence-electron chi connectivity index (χ3n) is 2.22. The van der Waals surface area contributed by atoms with Crippen LogP contribution in [0.2, 0.25) is 0 Å². The number of likely N-dealkylation sites (N-methyl/N-ethyl adjacent to an activating group) is 1. The largest absolute Gasteiger partial charge is 0.495 e. The lowest BCUT2D eigenvalue weighted by atomic mass is 10.1. The third-order valence-corrected chi connectivity index (χ3v) is 3.36. The lowest BCUT2D eigenvalue weighted by Crippen LogP contribution is -2.18. The van der Waals surface area contributed by atoms with Crippen LogP contribution < -0.4 is 10.1 Å². The minimum atomic E-state index is -3.35. The second-order valence-corrected chi connectivity index (χ2v) is 5.58. The number of methoxy groups -OCH3 is 1. The molecule has 0 aliphatic carbocycles. The van der Waals surface area contributed by atoms with E-state index < -0.39 is 9.84 Å². The van der Waals surface area contributed by atoms with E-state index in [-0.39, 0.29) is 23.0 Å². The Kier molecular flexibility index (Phi) is 4.25. The van der Waals surface area contributed by atoms with Gasteiger partial charge in [0.25, 0.3) is 0 Å². The Hall–Kier alpha value is -1.40. The van der Waals surface area contributed by atoms with E-state index in [2.05, 4.69) is 5.32 Å². The highest BCUT2D eigenvalue weighted by atomic mass is 32.2. The number of ether oxygens (including phenoxy) is 1. The first-order chi connectivity index (χ1) is 7.90. The molecule has 0 saturated carbocycles. The summed E-state index contributed by atoms with van der Waals surface area (Å²) >= 11 is 0. The van der Waals surface area contributed by atoms with Crippen LogP contribution >= 0.6 is 0 Å². The van der Waals surface area contributed by atoms with Gasteiger partial charge in [-0.3, -0.25) is 4.79 Å². The fraction of sp³-hybridized carbons (Fsp3) is 0.364. The van der Waals surface area contributed by atoms with E-state index in [0.29, 0.717) is 5.56 Å². The number of sulfone groups is 1. The van der Waals surface area contributed by atoms with Gasteiger partial charge in [0.05, 0.1) is 13.7 Å². The van der Waals surface area contributed by atoms with Crippen molar-refractivity contribution >= 4 is 15.6 Å². The second-order valence-electron chi connectivity index (χ2n) is 3.59. The first-order valence-electron chi connectivity index (χ1n) is 4.96. The summed E-state index contributed by atoms with van der Waals surface area (Å²) in [5.41, 5.74) is 0.420. The molecule has 1 rings (SSSR count). The molecule has 5 nitrogen and oxygen atoms in total. The summed E-state index contributed by atoms with van der Waals surface area (Å²) in [6, 6.07) is 4.31. The van der Waals surface area contributed by atoms with Crippen LogP contribution in [-0.2, 0) is 9.84 Å². The van der Waals surface area contributed by atoms with Crippen molar-refractivity contribution in [1.82, 2.24) is 5.32 Å². The van der Waals surface area contributed by atoms with Crippen molar-refractivity contribution in [3.8, 4) is 5.75 Å². The SMILES string of the molecule is CNCC(=O)c1ccc(S(C)(=O)=O)c(OC)c1. The molecule has 6 heteroatoms. The van der Waals surface area contributed by atoms with Gasteiger partial charge < -0.3 is 10.1 Å². The number of carbonyl (C=O) groups is 1. The summed E-state index contributed by atoms with van der Waals surface area (Å²) in [5.74, 6) is 0.0697. The van der Waals surface area contributed by atoms with Crippen molar-refractivity contribution in [2.75, 3.05) is 27.0 Å². The molecule has 0 spiro atoms. The van der Waals surface area contributed by atoms with E-state index in [1.54, 1.807) is 7.05 Å². The van der Waals surface area contributed by atoms with Gasteiger partial charge in [-0.25, -0.2) is 8.42 Å². The molecule has 0 aliphatic rings. The van der Waals surface area contributed by atoms with Crippen molar-refractivity contribution in [3.63, 3.8) is 0 Å². The average molecular weight is 257 g/mol. The molecule has 0 fully saturated rings. The van der Waals surface area contributed by atoms with Crippen LogP contribution in [0.15, 0.2) is 23.1 Å². The standard InChI is InChI=1S/C11H15NO4S/c1-12-7-9(13)8-4-5-11(17(3,14)15)10(6-8)16-2/h4-6,12H,7H2,1-3H3. The van der Waals surface area contributed by atoms with Gasteiger partial charge in [0, 0.05) is 11.8 Å². The maximum Gasteiger partial charge on any atom is 0.179 e. The monoisotopic (exact) mass is 257 g/mol. The summed E-state index contributed by atoms with van der Waals surface area (Å²) in [6.45, 7) is 0.196. The second kappa shape index (κ2) is 5.29. The zero-order chi connectivity index (χ0) is 13.1. The summed E-state index contributed by atoms with van der Waals surface area (Å²) in [4.78, 5) is 11.7. The highest BCUT2D eigenvalue weighted by Gasteiger charge is 2.16. The molecule has 94 valence electrons. The van der Waals surface area contributed by atoms with E-state index in [9.17, 15) is 13.2 Å². The smallest absolute Gasteiger partial charge is 0.179 e. The Morgan fingerprint density at radius 1 is 1.41 bits per heavy atom. The van der Waals surface area contributed by atoms with Gasteiger partial charge in [-0.1, -0.05) is 0 Å². The zero-order valence-electron chi connectivity index (χ0n) is 9.98. The summed E-state index contributed by atoms with van der Waals surface area (Å²) in [5, 5.41) is 2.74. The fourth-order valence-electron chi connectivity index (χ4n) is 1.41. The lowest BCUT2D eigenvalue weighted by molar-refractivity contribution is 0.0993. The summed E-state index contributed by atoms with van der Waals surface area (Å²) < 4.78 is 27.9. The van der Waals surface area contributed by atoms with Crippen LogP contribution in [0.3, 0.4) is 0 Å². The molecule has 0 heterocycles. The van der Waals surface area contributed by atoms with Crippen LogP contribution in [0.4, 0.5) is 0 Å². The van der Waals surface area contributed by atoms with Crippen LogP contribution in [0.25, 0.3) is 0 Å². The predicted octanol–water partition coefficient (Wildman–Crippen LogP) is 0.501.